The maximum atomic E-state index is 12.6. The van der Waals surface area contributed by atoms with E-state index in [1.807, 2.05) is 0 Å². The molecule has 0 aliphatic carbocycles. The predicted molar refractivity (Wildman–Crippen MR) is 53.4 cm³/mol. The first kappa shape index (κ1) is 13.7. The Hall–Kier alpha value is -1.37. The van der Waals surface area contributed by atoms with E-state index in [2.05, 4.69) is 9.97 Å². The summed E-state index contributed by atoms with van der Waals surface area (Å²) in [5, 5.41) is 9.59. The van der Waals surface area contributed by atoms with Crippen LogP contribution in [0.2, 0.25) is 0 Å². The molecule has 7 heteroatoms. The van der Waals surface area contributed by atoms with E-state index in [0.717, 1.165) is 6.33 Å². The normalized spacial score (nSPS) is 14.5. The molecule has 1 atom stereocenters. The van der Waals surface area contributed by atoms with Gasteiger partial charge < -0.3 is 9.84 Å². The van der Waals surface area contributed by atoms with Gasteiger partial charge in [0.15, 0.2) is 0 Å². The van der Waals surface area contributed by atoms with E-state index in [-0.39, 0.29) is 0 Å². The summed E-state index contributed by atoms with van der Waals surface area (Å²) in [6.07, 6.45) is -3.82. The summed E-state index contributed by atoms with van der Waals surface area (Å²) in [6, 6.07) is 0. The number of aromatic nitrogens is 2. The lowest BCUT2D eigenvalue weighted by Crippen LogP contribution is -2.38. The largest absolute Gasteiger partial charge is 0.471 e. The van der Waals surface area contributed by atoms with Crippen molar-refractivity contribution >= 4 is 0 Å². The molecular weight excluding hydrogens is 237 g/mol. The minimum atomic E-state index is -4.59. The molecular formula is C10H13F3N2O2. The summed E-state index contributed by atoms with van der Waals surface area (Å²) in [6.45, 7) is 4.33. The zero-order valence-electron chi connectivity index (χ0n) is 9.62. The molecule has 0 amide bonds. The zero-order valence-corrected chi connectivity index (χ0v) is 9.62. The fraction of sp³-hybridized carbons (Fsp3) is 0.600. The summed E-state index contributed by atoms with van der Waals surface area (Å²) < 4.78 is 42.7. The highest BCUT2D eigenvalue weighted by atomic mass is 19.4. The van der Waals surface area contributed by atoms with E-state index in [9.17, 15) is 18.3 Å². The van der Waals surface area contributed by atoms with Crippen molar-refractivity contribution in [1.29, 1.82) is 0 Å². The van der Waals surface area contributed by atoms with Crippen molar-refractivity contribution in [3.05, 3.63) is 18.1 Å². The quantitative estimate of drug-likeness (QED) is 0.891. The Morgan fingerprint density at radius 2 is 1.94 bits per heavy atom. The molecule has 0 unspecified atom stereocenters. The number of ether oxygens (including phenoxy) is 1. The number of alkyl halides is 3. The van der Waals surface area contributed by atoms with Gasteiger partial charge in [0.2, 0.25) is 5.88 Å². The average Bonchev–Trinajstić information content (AvgIpc) is 2.15. The first-order chi connectivity index (χ1) is 7.62. The SMILES string of the molecule is C[C@@H](Oc1ncncc1C(F)(F)F)C(C)(C)O. The first-order valence-electron chi connectivity index (χ1n) is 4.88. The molecule has 0 fully saturated rings. The summed E-state index contributed by atoms with van der Waals surface area (Å²) >= 11 is 0. The van der Waals surface area contributed by atoms with Gasteiger partial charge in [-0.3, -0.25) is 0 Å². The number of halogens is 3. The van der Waals surface area contributed by atoms with Crippen LogP contribution >= 0.6 is 0 Å². The van der Waals surface area contributed by atoms with Crippen molar-refractivity contribution in [2.45, 2.75) is 38.7 Å². The maximum Gasteiger partial charge on any atom is 0.423 e. The zero-order chi connectivity index (χ0) is 13.3. The highest BCUT2D eigenvalue weighted by molar-refractivity contribution is 5.25. The summed E-state index contributed by atoms with van der Waals surface area (Å²) in [5.74, 6) is -0.581. The third-order valence-corrected chi connectivity index (χ3v) is 2.26. The minimum absolute atomic E-state index is 0.581. The van der Waals surface area contributed by atoms with Crippen LogP contribution in [0.25, 0.3) is 0 Å². The van der Waals surface area contributed by atoms with Gasteiger partial charge in [0.05, 0.1) is 5.60 Å². The molecule has 0 aliphatic heterocycles. The van der Waals surface area contributed by atoms with Crippen LogP contribution < -0.4 is 4.74 Å². The van der Waals surface area contributed by atoms with Gasteiger partial charge in [-0.25, -0.2) is 9.97 Å². The molecule has 0 saturated carbocycles. The average molecular weight is 250 g/mol. The second-order valence-corrected chi connectivity index (χ2v) is 4.15. The smallest absolute Gasteiger partial charge is 0.423 e. The number of aliphatic hydroxyl groups is 1. The van der Waals surface area contributed by atoms with E-state index in [1.54, 1.807) is 0 Å². The van der Waals surface area contributed by atoms with Gasteiger partial charge in [0, 0.05) is 6.20 Å². The summed E-state index contributed by atoms with van der Waals surface area (Å²) in [7, 11) is 0. The lowest BCUT2D eigenvalue weighted by molar-refractivity contribution is -0.141. The molecule has 1 aromatic heterocycles. The Morgan fingerprint density at radius 1 is 1.35 bits per heavy atom. The van der Waals surface area contributed by atoms with Crippen molar-refractivity contribution in [3.63, 3.8) is 0 Å². The van der Waals surface area contributed by atoms with Gasteiger partial charge in [0.1, 0.15) is 18.0 Å². The van der Waals surface area contributed by atoms with Crippen molar-refractivity contribution in [3.8, 4) is 5.88 Å². The Morgan fingerprint density at radius 3 is 2.41 bits per heavy atom. The molecule has 4 nitrogen and oxygen atoms in total. The molecule has 0 aliphatic rings. The molecule has 1 rings (SSSR count). The van der Waals surface area contributed by atoms with Crippen molar-refractivity contribution < 1.29 is 23.0 Å². The fourth-order valence-corrected chi connectivity index (χ4v) is 0.918. The number of rotatable bonds is 3. The predicted octanol–water partition coefficient (Wildman–Crippen LogP) is 2.03. The van der Waals surface area contributed by atoms with Crippen LogP contribution in [0.15, 0.2) is 12.5 Å². The van der Waals surface area contributed by atoms with E-state index in [0.29, 0.717) is 6.20 Å². The van der Waals surface area contributed by atoms with Crippen LogP contribution in [0, 0.1) is 0 Å². The van der Waals surface area contributed by atoms with Crippen molar-refractivity contribution in [2.24, 2.45) is 0 Å². The maximum absolute atomic E-state index is 12.6. The molecule has 17 heavy (non-hydrogen) atoms. The van der Waals surface area contributed by atoms with Crippen LogP contribution in [-0.4, -0.2) is 26.8 Å². The van der Waals surface area contributed by atoms with Crippen LogP contribution in [-0.2, 0) is 6.18 Å². The molecule has 0 radical (unpaired) electrons. The monoisotopic (exact) mass is 250 g/mol. The van der Waals surface area contributed by atoms with Gasteiger partial charge in [-0.15, -0.1) is 0 Å². The number of hydrogen-bond acceptors (Lipinski definition) is 4. The molecule has 0 aromatic carbocycles. The Labute approximate surface area is 96.5 Å². The van der Waals surface area contributed by atoms with Crippen LogP contribution in [0.4, 0.5) is 13.2 Å². The Bertz CT molecular complexity index is 388. The standard InChI is InChI=1S/C10H13F3N2O2/c1-6(9(2,3)16)17-8-7(10(11,12)13)4-14-5-15-8/h4-6,16H,1-3H3/t6-/m1/s1. The minimum Gasteiger partial charge on any atom is -0.471 e. The van der Waals surface area contributed by atoms with Crippen LogP contribution in [0.5, 0.6) is 5.88 Å². The van der Waals surface area contributed by atoms with Gasteiger partial charge in [-0.1, -0.05) is 0 Å². The molecule has 0 saturated heterocycles. The second-order valence-electron chi connectivity index (χ2n) is 4.15. The highest BCUT2D eigenvalue weighted by Crippen LogP contribution is 2.34. The fourth-order valence-electron chi connectivity index (χ4n) is 0.918. The van der Waals surface area contributed by atoms with E-state index < -0.39 is 29.3 Å². The van der Waals surface area contributed by atoms with E-state index in [4.69, 9.17) is 4.74 Å². The Kier molecular flexibility index (Phi) is 3.61. The number of hydrogen-bond donors (Lipinski definition) is 1. The van der Waals surface area contributed by atoms with Crippen LogP contribution in [0.1, 0.15) is 26.3 Å². The highest BCUT2D eigenvalue weighted by Gasteiger charge is 2.37. The third-order valence-electron chi connectivity index (χ3n) is 2.26. The van der Waals surface area contributed by atoms with Crippen molar-refractivity contribution in [1.82, 2.24) is 9.97 Å². The molecule has 0 bridgehead atoms. The lowest BCUT2D eigenvalue weighted by atomic mass is 10.0. The van der Waals surface area contributed by atoms with Crippen LogP contribution in [0.3, 0.4) is 0 Å². The van der Waals surface area contributed by atoms with Gasteiger partial charge in [0.25, 0.3) is 0 Å². The topological polar surface area (TPSA) is 55.2 Å². The van der Waals surface area contributed by atoms with Crippen molar-refractivity contribution in [2.75, 3.05) is 0 Å². The summed E-state index contributed by atoms with van der Waals surface area (Å²) in [5.41, 5.74) is -2.33. The molecule has 96 valence electrons. The second kappa shape index (κ2) is 4.48. The summed E-state index contributed by atoms with van der Waals surface area (Å²) in [4.78, 5) is 6.74. The molecule has 1 aromatic rings. The third kappa shape index (κ3) is 3.55. The van der Waals surface area contributed by atoms with E-state index in [1.165, 1.54) is 20.8 Å². The molecule has 0 spiro atoms. The molecule has 1 N–H and O–H groups in total. The van der Waals surface area contributed by atoms with Gasteiger partial charge in [-0.2, -0.15) is 13.2 Å². The Balaban J connectivity index is 3.00. The first-order valence-corrected chi connectivity index (χ1v) is 4.88. The molecule has 1 heterocycles. The lowest BCUT2D eigenvalue weighted by Gasteiger charge is -2.26. The van der Waals surface area contributed by atoms with Gasteiger partial charge in [-0.05, 0) is 20.8 Å². The van der Waals surface area contributed by atoms with E-state index >= 15 is 0 Å². The number of nitrogens with zero attached hydrogens (tertiary/aromatic N) is 2. The van der Waals surface area contributed by atoms with Gasteiger partial charge >= 0.3 is 6.18 Å².